The van der Waals surface area contributed by atoms with E-state index in [4.69, 9.17) is 20.0 Å². The molecule has 0 aromatic rings. The van der Waals surface area contributed by atoms with Gasteiger partial charge in [0.1, 0.15) is 0 Å². The van der Waals surface area contributed by atoms with Crippen LogP contribution in [0.1, 0.15) is 13.3 Å². The monoisotopic (exact) mass is 241 g/mol. The third-order valence-electron chi connectivity index (χ3n) is 1.81. The van der Waals surface area contributed by atoms with Crippen LogP contribution in [0.4, 0.5) is 0 Å². The second-order valence-electron chi connectivity index (χ2n) is 2.99. The van der Waals surface area contributed by atoms with E-state index in [-0.39, 0.29) is 6.54 Å². The van der Waals surface area contributed by atoms with Crippen molar-refractivity contribution in [2.24, 2.45) is 0 Å². The number of nitrogens with one attached hydrogen (secondary N) is 1. The molecule has 0 aliphatic heterocycles. The fraction of sp³-hybridized carbons (Fsp3) is 0.667. The van der Waals surface area contributed by atoms with Gasteiger partial charge in [-0.25, -0.2) is 4.79 Å². The van der Waals surface area contributed by atoms with Crippen molar-refractivity contribution in [3.63, 3.8) is 0 Å². The first kappa shape index (κ1) is 14.1. The molecular formula is C6H12NO7P. The molecule has 0 bridgehead atoms. The number of carboxylic acid groups (broad SMARTS) is 2. The number of rotatable bonds is 6. The molecule has 0 spiro atoms. The van der Waals surface area contributed by atoms with Crippen LogP contribution in [0.15, 0.2) is 0 Å². The van der Waals surface area contributed by atoms with Gasteiger partial charge in [-0.15, -0.1) is 0 Å². The zero-order valence-electron chi connectivity index (χ0n) is 7.88. The lowest BCUT2D eigenvalue weighted by Crippen LogP contribution is -2.49. The van der Waals surface area contributed by atoms with Crippen molar-refractivity contribution in [1.82, 2.24) is 5.32 Å². The average molecular weight is 241 g/mol. The SMILES string of the molecule is CC(NCCC(=O)O)(C(=O)O)P(=O)(O)O. The minimum Gasteiger partial charge on any atom is -0.481 e. The summed E-state index contributed by atoms with van der Waals surface area (Å²) in [6.45, 7) is 0.460. The molecule has 0 saturated heterocycles. The predicted octanol–water partition coefficient (Wildman–Crippen LogP) is -0.971. The summed E-state index contributed by atoms with van der Waals surface area (Å²) in [4.78, 5) is 38.4. The molecule has 0 rings (SSSR count). The van der Waals surface area contributed by atoms with Crippen molar-refractivity contribution in [2.45, 2.75) is 18.6 Å². The van der Waals surface area contributed by atoms with Crippen LogP contribution < -0.4 is 5.32 Å². The summed E-state index contributed by atoms with van der Waals surface area (Å²) in [7, 11) is -4.91. The Balaban J connectivity index is 4.63. The summed E-state index contributed by atoms with van der Waals surface area (Å²) in [5.74, 6) is -2.93. The largest absolute Gasteiger partial charge is 0.481 e. The molecule has 0 aromatic carbocycles. The maximum Gasteiger partial charge on any atom is 0.356 e. The fourth-order valence-electron chi connectivity index (χ4n) is 0.716. The van der Waals surface area contributed by atoms with E-state index in [2.05, 4.69) is 0 Å². The summed E-state index contributed by atoms with van der Waals surface area (Å²) in [5, 5.41) is 16.5. The second kappa shape index (κ2) is 4.71. The highest BCUT2D eigenvalue weighted by Crippen LogP contribution is 2.48. The maximum absolute atomic E-state index is 10.9. The van der Waals surface area contributed by atoms with Gasteiger partial charge >= 0.3 is 19.5 Å². The van der Waals surface area contributed by atoms with Gasteiger partial charge in [0.2, 0.25) is 5.28 Å². The quantitative estimate of drug-likeness (QED) is 0.373. The maximum atomic E-state index is 10.9. The van der Waals surface area contributed by atoms with Crippen molar-refractivity contribution >= 4 is 19.5 Å². The van der Waals surface area contributed by atoms with E-state index in [1.165, 1.54) is 0 Å². The molecule has 0 amide bonds. The zero-order valence-corrected chi connectivity index (χ0v) is 8.77. The van der Waals surface area contributed by atoms with E-state index in [0.717, 1.165) is 6.92 Å². The van der Waals surface area contributed by atoms with Crippen molar-refractivity contribution in [3.8, 4) is 0 Å². The number of aliphatic carboxylic acids is 2. The summed E-state index contributed by atoms with van der Waals surface area (Å²) in [5.41, 5.74) is 0. The van der Waals surface area contributed by atoms with Gasteiger partial charge in [-0.1, -0.05) is 0 Å². The van der Waals surface area contributed by atoms with Gasteiger partial charge in [-0.2, -0.15) is 0 Å². The first-order valence-corrected chi connectivity index (χ1v) is 5.48. The Labute approximate surface area is 85.1 Å². The minimum atomic E-state index is -4.91. The van der Waals surface area contributed by atoms with Crippen molar-refractivity contribution < 1.29 is 34.2 Å². The topological polar surface area (TPSA) is 144 Å². The van der Waals surface area contributed by atoms with Gasteiger partial charge in [0, 0.05) is 6.54 Å². The van der Waals surface area contributed by atoms with E-state index in [9.17, 15) is 14.2 Å². The highest BCUT2D eigenvalue weighted by Gasteiger charge is 2.49. The normalized spacial score (nSPS) is 15.7. The Morgan fingerprint density at radius 1 is 1.33 bits per heavy atom. The van der Waals surface area contributed by atoms with Crippen LogP contribution in [0.5, 0.6) is 0 Å². The van der Waals surface area contributed by atoms with Gasteiger partial charge < -0.3 is 20.0 Å². The smallest absolute Gasteiger partial charge is 0.356 e. The lowest BCUT2D eigenvalue weighted by atomic mass is 10.3. The molecular weight excluding hydrogens is 229 g/mol. The molecule has 1 unspecified atom stereocenters. The second-order valence-corrected chi connectivity index (χ2v) is 4.97. The third kappa shape index (κ3) is 3.60. The molecule has 0 aliphatic carbocycles. The first-order chi connectivity index (χ1) is 6.61. The first-order valence-electron chi connectivity index (χ1n) is 3.87. The molecule has 1 atom stereocenters. The summed E-state index contributed by atoms with van der Waals surface area (Å²) < 4.78 is 10.9. The van der Waals surface area contributed by atoms with Gasteiger partial charge in [-0.3, -0.25) is 14.7 Å². The Kier molecular flexibility index (Phi) is 4.42. The van der Waals surface area contributed by atoms with Crippen LogP contribution in [0.2, 0.25) is 0 Å². The van der Waals surface area contributed by atoms with Crippen LogP contribution in [-0.2, 0) is 14.2 Å². The van der Waals surface area contributed by atoms with Crippen molar-refractivity contribution in [3.05, 3.63) is 0 Å². The predicted molar refractivity (Wildman–Crippen MR) is 48.3 cm³/mol. The molecule has 0 radical (unpaired) electrons. The van der Waals surface area contributed by atoms with E-state index in [0.29, 0.717) is 0 Å². The lowest BCUT2D eigenvalue weighted by Gasteiger charge is -2.26. The molecule has 0 heterocycles. The van der Waals surface area contributed by atoms with E-state index < -0.39 is 31.2 Å². The number of hydrogen-bond acceptors (Lipinski definition) is 4. The van der Waals surface area contributed by atoms with E-state index in [1.54, 1.807) is 0 Å². The fourth-order valence-corrected chi connectivity index (χ4v) is 1.28. The summed E-state index contributed by atoms with van der Waals surface area (Å²) in [6, 6.07) is 0. The molecule has 0 saturated carbocycles. The van der Waals surface area contributed by atoms with E-state index >= 15 is 0 Å². The number of carbonyl (C=O) groups is 2. The summed E-state index contributed by atoms with van der Waals surface area (Å²) in [6.07, 6.45) is -0.428. The van der Waals surface area contributed by atoms with Gasteiger partial charge in [0.25, 0.3) is 0 Å². The number of carboxylic acids is 2. The van der Waals surface area contributed by atoms with Gasteiger partial charge in [0.05, 0.1) is 6.42 Å². The highest BCUT2D eigenvalue weighted by molar-refractivity contribution is 7.54. The molecule has 15 heavy (non-hydrogen) atoms. The Morgan fingerprint density at radius 2 is 1.80 bits per heavy atom. The lowest BCUT2D eigenvalue weighted by molar-refractivity contribution is -0.142. The molecule has 0 aliphatic rings. The van der Waals surface area contributed by atoms with Gasteiger partial charge in [-0.05, 0) is 6.92 Å². The van der Waals surface area contributed by atoms with Crippen molar-refractivity contribution in [2.75, 3.05) is 6.54 Å². The minimum absolute atomic E-state index is 0.344. The summed E-state index contributed by atoms with van der Waals surface area (Å²) >= 11 is 0. The Morgan fingerprint density at radius 3 is 2.07 bits per heavy atom. The van der Waals surface area contributed by atoms with Crippen LogP contribution in [0.3, 0.4) is 0 Å². The highest BCUT2D eigenvalue weighted by atomic mass is 31.2. The van der Waals surface area contributed by atoms with Crippen LogP contribution in [0, 0.1) is 0 Å². The molecule has 0 aromatic heterocycles. The number of hydrogen-bond donors (Lipinski definition) is 5. The van der Waals surface area contributed by atoms with E-state index in [1.807, 2.05) is 5.32 Å². The average Bonchev–Trinajstić information content (AvgIpc) is 2.00. The Bertz CT molecular complexity index is 311. The molecule has 0 fully saturated rings. The zero-order chi connectivity index (χ0) is 12.3. The van der Waals surface area contributed by atoms with Crippen LogP contribution >= 0.6 is 7.60 Å². The van der Waals surface area contributed by atoms with Gasteiger partial charge in [0.15, 0.2) is 0 Å². The molecule has 9 heteroatoms. The standard InChI is InChI=1S/C6H12NO7P/c1-6(5(10)11,15(12,13)14)7-3-2-4(8)9/h7H,2-3H2,1H3,(H,8,9)(H,10,11)(H2,12,13,14). The van der Waals surface area contributed by atoms with Crippen molar-refractivity contribution in [1.29, 1.82) is 0 Å². The third-order valence-corrected chi connectivity index (χ3v) is 3.32. The molecule has 5 N–H and O–H groups in total. The molecule has 88 valence electrons. The van der Waals surface area contributed by atoms with Crippen LogP contribution in [-0.4, -0.2) is 43.8 Å². The molecule has 8 nitrogen and oxygen atoms in total. The Hall–Kier alpha value is -0.950. The van der Waals surface area contributed by atoms with Crippen LogP contribution in [0.25, 0.3) is 0 Å².